The molecule has 0 aliphatic heterocycles. The number of methoxy groups -OCH3 is 1. The number of aryl methyl sites for hydroxylation is 1. The minimum atomic E-state index is -0.410. The predicted molar refractivity (Wildman–Crippen MR) is 110 cm³/mol. The summed E-state index contributed by atoms with van der Waals surface area (Å²) in [7, 11) is 1.56. The zero-order chi connectivity index (χ0) is 19.3. The van der Waals surface area contributed by atoms with Gasteiger partial charge in [-0.05, 0) is 43.9 Å². The Hall–Kier alpha value is -2.05. The van der Waals surface area contributed by atoms with Gasteiger partial charge in [0.15, 0.2) is 0 Å². The molecule has 0 unspecified atom stereocenters. The van der Waals surface area contributed by atoms with E-state index in [1.807, 2.05) is 32.9 Å². The molecular weight excluding hydrogens is 368 g/mol. The van der Waals surface area contributed by atoms with E-state index in [4.69, 9.17) is 14.9 Å². The first-order chi connectivity index (χ1) is 12.4. The van der Waals surface area contributed by atoms with Gasteiger partial charge < -0.3 is 20.2 Å². The lowest BCUT2D eigenvalue weighted by Crippen LogP contribution is -2.52. The van der Waals surface area contributed by atoms with Crippen LogP contribution in [0.25, 0.3) is 11.0 Å². The van der Waals surface area contributed by atoms with Gasteiger partial charge in [-0.2, -0.15) is 0 Å². The van der Waals surface area contributed by atoms with Crippen LogP contribution in [0.15, 0.2) is 27.4 Å². The molecule has 1 amide bonds. The highest BCUT2D eigenvalue weighted by molar-refractivity contribution is 5.85. The van der Waals surface area contributed by atoms with Gasteiger partial charge in [-0.25, -0.2) is 4.79 Å². The Morgan fingerprint density at radius 3 is 2.52 bits per heavy atom. The second-order valence-corrected chi connectivity index (χ2v) is 6.59. The second-order valence-electron chi connectivity index (χ2n) is 6.59. The number of ether oxygens (including phenoxy) is 1. The van der Waals surface area contributed by atoms with Crippen LogP contribution in [-0.2, 0) is 11.2 Å². The first-order valence-electron chi connectivity index (χ1n) is 9.01. The Balaban J connectivity index is 0.00000364. The predicted octanol–water partition coefficient (Wildman–Crippen LogP) is 3.10. The van der Waals surface area contributed by atoms with Gasteiger partial charge in [-0.1, -0.05) is 13.8 Å². The third kappa shape index (κ3) is 5.02. The van der Waals surface area contributed by atoms with Gasteiger partial charge in [0, 0.05) is 30.0 Å². The van der Waals surface area contributed by atoms with Crippen molar-refractivity contribution in [3.8, 4) is 5.75 Å². The molecule has 0 radical (unpaired) electrons. The smallest absolute Gasteiger partial charge is 0.339 e. The number of carbonyl (C=O) groups excluding carboxylic acids is 1. The zero-order valence-electron chi connectivity index (χ0n) is 16.4. The zero-order valence-corrected chi connectivity index (χ0v) is 17.2. The van der Waals surface area contributed by atoms with Crippen molar-refractivity contribution < 1.29 is 13.9 Å². The van der Waals surface area contributed by atoms with E-state index in [0.29, 0.717) is 29.9 Å². The number of nitrogens with two attached hydrogens (primary N) is 1. The first kappa shape index (κ1) is 23.0. The fourth-order valence-corrected chi connectivity index (χ4v) is 3.15. The van der Waals surface area contributed by atoms with Crippen molar-refractivity contribution in [1.29, 1.82) is 0 Å². The van der Waals surface area contributed by atoms with Crippen LogP contribution in [0.2, 0.25) is 0 Å². The fourth-order valence-electron chi connectivity index (χ4n) is 3.15. The van der Waals surface area contributed by atoms with Gasteiger partial charge in [-0.3, -0.25) is 4.79 Å². The summed E-state index contributed by atoms with van der Waals surface area (Å²) in [6.45, 7) is 6.28. The van der Waals surface area contributed by atoms with Crippen LogP contribution in [0.4, 0.5) is 0 Å². The van der Waals surface area contributed by atoms with Crippen LogP contribution in [0.3, 0.4) is 0 Å². The van der Waals surface area contributed by atoms with Crippen LogP contribution in [-0.4, -0.2) is 25.1 Å². The molecule has 1 aromatic carbocycles. The molecule has 0 bridgehead atoms. The highest BCUT2D eigenvalue weighted by atomic mass is 35.5. The highest BCUT2D eigenvalue weighted by Gasteiger charge is 2.26. The summed E-state index contributed by atoms with van der Waals surface area (Å²) in [5.74, 6) is 0.525. The lowest BCUT2D eigenvalue weighted by atomic mass is 9.92. The molecule has 2 aromatic rings. The number of nitrogens with one attached hydrogen (secondary N) is 1. The van der Waals surface area contributed by atoms with Crippen LogP contribution in [0.1, 0.15) is 44.2 Å². The second kappa shape index (κ2) is 9.76. The molecule has 0 atom stereocenters. The van der Waals surface area contributed by atoms with Crippen molar-refractivity contribution in [3.05, 3.63) is 39.7 Å². The van der Waals surface area contributed by atoms with Crippen molar-refractivity contribution in [2.45, 2.75) is 52.0 Å². The third-order valence-electron chi connectivity index (χ3n) is 5.25. The topological polar surface area (TPSA) is 94.6 Å². The largest absolute Gasteiger partial charge is 0.497 e. The summed E-state index contributed by atoms with van der Waals surface area (Å²) in [6.07, 6.45) is 2.08. The average molecular weight is 397 g/mol. The first-order valence-corrected chi connectivity index (χ1v) is 9.01. The number of rotatable bonds is 8. The minimum Gasteiger partial charge on any atom is -0.497 e. The summed E-state index contributed by atoms with van der Waals surface area (Å²) < 4.78 is 10.6. The Labute approximate surface area is 165 Å². The van der Waals surface area contributed by atoms with Crippen LogP contribution < -0.4 is 21.4 Å². The summed E-state index contributed by atoms with van der Waals surface area (Å²) in [5, 5.41) is 3.87. The van der Waals surface area contributed by atoms with Gasteiger partial charge in [0.2, 0.25) is 5.91 Å². The van der Waals surface area contributed by atoms with Crippen LogP contribution in [0, 0.1) is 6.92 Å². The van der Waals surface area contributed by atoms with Crippen LogP contribution in [0.5, 0.6) is 5.75 Å². The highest BCUT2D eigenvalue weighted by Crippen LogP contribution is 2.24. The van der Waals surface area contributed by atoms with Crippen molar-refractivity contribution in [1.82, 2.24) is 5.32 Å². The maximum atomic E-state index is 12.4. The number of halogens is 1. The molecule has 2 rings (SSSR count). The van der Waals surface area contributed by atoms with Gasteiger partial charge in [0.05, 0.1) is 12.6 Å². The molecule has 6 nitrogen and oxygen atoms in total. The molecule has 1 heterocycles. The molecule has 1 aromatic heterocycles. The van der Waals surface area contributed by atoms with Crippen molar-refractivity contribution in [3.63, 3.8) is 0 Å². The van der Waals surface area contributed by atoms with Crippen molar-refractivity contribution in [2.75, 3.05) is 13.7 Å². The van der Waals surface area contributed by atoms with E-state index in [1.165, 1.54) is 0 Å². The lowest BCUT2D eigenvalue weighted by molar-refractivity contribution is -0.123. The number of fused-ring (bicyclic) bond motifs is 1. The number of benzene rings is 1. The Morgan fingerprint density at radius 2 is 1.96 bits per heavy atom. The van der Waals surface area contributed by atoms with Gasteiger partial charge in [0.25, 0.3) is 0 Å². The van der Waals surface area contributed by atoms with Gasteiger partial charge in [-0.15, -0.1) is 12.4 Å². The molecule has 7 heteroatoms. The molecule has 0 aliphatic rings. The fraction of sp³-hybridized carbons (Fsp3) is 0.500. The molecule has 0 saturated carbocycles. The van der Waals surface area contributed by atoms with E-state index < -0.39 is 5.63 Å². The summed E-state index contributed by atoms with van der Waals surface area (Å²) >= 11 is 0. The maximum Gasteiger partial charge on any atom is 0.339 e. The van der Waals surface area contributed by atoms with Crippen molar-refractivity contribution in [2.24, 2.45) is 5.73 Å². The number of hydrogen-bond donors (Lipinski definition) is 2. The SMILES string of the molecule is CCC(CC)(CN)NC(=O)CCc1c(C)c2ccc(OC)cc2oc1=O.Cl. The van der Waals surface area contributed by atoms with E-state index >= 15 is 0 Å². The standard InChI is InChI=1S/C20H28N2O4.ClH/c1-5-20(6-2,12-21)22-18(23)10-9-16-13(3)15-8-7-14(25-4)11-17(15)26-19(16)24;/h7-8,11H,5-6,9-10,12,21H2,1-4H3,(H,22,23);1H. The van der Waals surface area contributed by atoms with E-state index in [0.717, 1.165) is 23.8 Å². The summed E-state index contributed by atoms with van der Waals surface area (Å²) in [6, 6.07) is 5.38. The van der Waals surface area contributed by atoms with Crippen LogP contribution >= 0.6 is 12.4 Å². The average Bonchev–Trinajstić information content (AvgIpc) is 2.65. The number of hydrogen-bond acceptors (Lipinski definition) is 5. The molecule has 27 heavy (non-hydrogen) atoms. The molecule has 0 saturated heterocycles. The normalized spacial score (nSPS) is 11.1. The number of carbonyl (C=O) groups is 1. The van der Waals surface area contributed by atoms with E-state index in [-0.39, 0.29) is 30.3 Å². The Morgan fingerprint density at radius 1 is 1.30 bits per heavy atom. The quantitative estimate of drug-likeness (QED) is 0.668. The Kier molecular flexibility index (Phi) is 8.31. The minimum absolute atomic E-state index is 0. The van der Waals surface area contributed by atoms with Gasteiger partial charge >= 0.3 is 5.63 Å². The summed E-state index contributed by atoms with van der Waals surface area (Å²) in [5.41, 5.74) is 6.89. The Bertz CT molecular complexity index is 835. The van der Waals surface area contributed by atoms with E-state index in [1.54, 1.807) is 13.2 Å². The van der Waals surface area contributed by atoms with E-state index in [2.05, 4.69) is 5.32 Å². The number of amides is 1. The van der Waals surface area contributed by atoms with E-state index in [9.17, 15) is 9.59 Å². The van der Waals surface area contributed by atoms with Crippen molar-refractivity contribution >= 4 is 29.3 Å². The molecular formula is C20H29ClN2O4. The lowest BCUT2D eigenvalue weighted by Gasteiger charge is -2.31. The molecule has 0 spiro atoms. The molecule has 0 fully saturated rings. The molecule has 150 valence electrons. The summed E-state index contributed by atoms with van der Waals surface area (Å²) in [4.78, 5) is 24.7. The maximum absolute atomic E-state index is 12.4. The third-order valence-corrected chi connectivity index (χ3v) is 5.25. The molecule has 3 N–H and O–H groups in total. The van der Waals surface area contributed by atoms with Gasteiger partial charge in [0.1, 0.15) is 11.3 Å². The monoisotopic (exact) mass is 396 g/mol. The molecule has 0 aliphatic carbocycles.